The van der Waals surface area contributed by atoms with E-state index in [9.17, 15) is 5.26 Å². The first-order valence-corrected chi connectivity index (χ1v) is 9.55. The number of nitrogens with zero attached hydrogens (tertiary/aromatic N) is 3. The van der Waals surface area contributed by atoms with Crippen molar-refractivity contribution in [2.75, 3.05) is 24.7 Å². The Morgan fingerprint density at radius 1 is 1.19 bits per heavy atom. The van der Waals surface area contributed by atoms with Crippen LogP contribution >= 0.6 is 0 Å². The predicted molar refractivity (Wildman–Crippen MR) is 99.4 cm³/mol. The molecule has 1 saturated carbocycles. The number of hydrogen-bond donors (Lipinski definition) is 0. The Morgan fingerprint density at radius 2 is 2.07 bits per heavy atom. The van der Waals surface area contributed by atoms with Gasteiger partial charge >= 0.3 is 0 Å². The Balaban J connectivity index is 1.47. The second kappa shape index (κ2) is 6.66. The molecular weight excluding hydrogens is 342 g/mol. The van der Waals surface area contributed by atoms with E-state index in [4.69, 9.17) is 14.2 Å². The van der Waals surface area contributed by atoms with Gasteiger partial charge in [0, 0.05) is 18.2 Å². The number of nitriles is 1. The highest BCUT2D eigenvalue weighted by Crippen LogP contribution is 2.44. The lowest BCUT2D eigenvalue weighted by Gasteiger charge is -2.29. The lowest BCUT2D eigenvalue weighted by atomic mass is 10.0. The van der Waals surface area contributed by atoms with E-state index in [1.807, 2.05) is 18.2 Å². The number of pyridine rings is 1. The molecule has 1 aromatic heterocycles. The van der Waals surface area contributed by atoms with Gasteiger partial charge in [0.05, 0.1) is 23.9 Å². The van der Waals surface area contributed by atoms with Crippen molar-refractivity contribution in [2.45, 2.75) is 37.8 Å². The minimum absolute atomic E-state index is 0.163. The quantitative estimate of drug-likeness (QED) is 0.827. The van der Waals surface area contributed by atoms with Crippen molar-refractivity contribution in [1.29, 1.82) is 5.26 Å². The van der Waals surface area contributed by atoms with Crippen LogP contribution in [0.3, 0.4) is 0 Å². The summed E-state index contributed by atoms with van der Waals surface area (Å²) in [6, 6.07) is 10.3. The summed E-state index contributed by atoms with van der Waals surface area (Å²) >= 11 is 0. The maximum atomic E-state index is 9.55. The highest BCUT2D eigenvalue weighted by molar-refractivity contribution is 5.56. The summed E-state index contributed by atoms with van der Waals surface area (Å²) in [5.74, 6) is 3.05. The third-order valence-electron chi connectivity index (χ3n) is 5.29. The molecule has 0 amide bonds. The standard InChI is InChI=1S/C21H21N3O3/c22-12-14-11-20(23-13-19(14)27-15-6-7-15)24-8-2-4-17(24)16-3-1-5-18-21(16)26-10-9-25-18/h1,3,5,11,13,15,17H,2,4,6-10H2. The van der Waals surface area contributed by atoms with Crippen LogP contribution in [0.2, 0.25) is 0 Å². The highest BCUT2D eigenvalue weighted by Gasteiger charge is 2.32. The average molecular weight is 363 g/mol. The Bertz CT molecular complexity index is 904. The zero-order chi connectivity index (χ0) is 18.2. The predicted octanol–water partition coefficient (Wildman–Crippen LogP) is 3.61. The molecular formula is C21H21N3O3. The first kappa shape index (κ1) is 16.2. The zero-order valence-electron chi connectivity index (χ0n) is 15.1. The van der Waals surface area contributed by atoms with Crippen LogP contribution in [0.4, 0.5) is 5.82 Å². The molecule has 1 aliphatic carbocycles. The molecule has 6 heteroatoms. The summed E-state index contributed by atoms with van der Waals surface area (Å²) in [5.41, 5.74) is 1.68. The lowest BCUT2D eigenvalue weighted by molar-refractivity contribution is 0.169. The van der Waals surface area contributed by atoms with Crippen molar-refractivity contribution < 1.29 is 14.2 Å². The minimum atomic E-state index is 0.163. The number of ether oxygens (including phenoxy) is 3. The van der Waals surface area contributed by atoms with Gasteiger partial charge in [-0.05, 0) is 31.7 Å². The van der Waals surface area contributed by atoms with Crippen LogP contribution in [0.1, 0.15) is 42.9 Å². The van der Waals surface area contributed by atoms with E-state index < -0.39 is 0 Å². The minimum Gasteiger partial charge on any atom is -0.487 e. The molecule has 1 aromatic carbocycles. The Hall–Kier alpha value is -2.94. The van der Waals surface area contributed by atoms with E-state index in [1.165, 1.54) is 0 Å². The molecule has 5 rings (SSSR count). The van der Waals surface area contributed by atoms with Gasteiger partial charge in [0.1, 0.15) is 25.1 Å². The molecule has 0 radical (unpaired) electrons. The van der Waals surface area contributed by atoms with Crippen LogP contribution in [0.25, 0.3) is 0 Å². The Kier molecular flexibility index (Phi) is 4.01. The van der Waals surface area contributed by atoms with Gasteiger partial charge in [-0.25, -0.2) is 4.98 Å². The average Bonchev–Trinajstić information content (AvgIpc) is 3.40. The largest absolute Gasteiger partial charge is 0.487 e. The molecule has 138 valence electrons. The van der Waals surface area contributed by atoms with Crippen molar-refractivity contribution >= 4 is 5.82 Å². The van der Waals surface area contributed by atoms with Gasteiger partial charge in [0.25, 0.3) is 0 Å². The SMILES string of the molecule is N#Cc1cc(N2CCCC2c2cccc3c2OCCO3)ncc1OC1CC1. The van der Waals surface area contributed by atoms with Crippen molar-refractivity contribution in [3.05, 3.63) is 41.6 Å². The second-order valence-electron chi connectivity index (χ2n) is 7.19. The molecule has 1 atom stereocenters. The first-order chi connectivity index (χ1) is 13.3. The number of benzene rings is 1. The molecule has 0 N–H and O–H groups in total. The van der Waals surface area contributed by atoms with E-state index >= 15 is 0 Å². The summed E-state index contributed by atoms with van der Waals surface area (Å²) in [6.45, 7) is 2.05. The van der Waals surface area contributed by atoms with Gasteiger partial charge in [-0.3, -0.25) is 0 Å². The number of para-hydroxylation sites is 1. The van der Waals surface area contributed by atoms with Crippen LogP contribution in [-0.2, 0) is 0 Å². The van der Waals surface area contributed by atoms with Gasteiger partial charge in [-0.1, -0.05) is 12.1 Å². The molecule has 2 fully saturated rings. The molecule has 1 unspecified atom stereocenters. The van der Waals surface area contributed by atoms with Crippen LogP contribution < -0.4 is 19.1 Å². The summed E-state index contributed by atoms with van der Waals surface area (Å²) in [7, 11) is 0. The van der Waals surface area contributed by atoms with Gasteiger partial charge in [0.15, 0.2) is 17.2 Å². The summed E-state index contributed by atoms with van der Waals surface area (Å²) in [4.78, 5) is 6.87. The van der Waals surface area contributed by atoms with Gasteiger partial charge in [0.2, 0.25) is 0 Å². The molecule has 2 aliphatic heterocycles. The molecule has 3 heterocycles. The van der Waals surface area contributed by atoms with E-state index in [0.29, 0.717) is 24.5 Å². The third-order valence-corrected chi connectivity index (χ3v) is 5.29. The smallest absolute Gasteiger partial charge is 0.166 e. The van der Waals surface area contributed by atoms with Crippen LogP contribution in [0, 0.1) is 11.3 Å². The van der Waals surface area contributed by atoms with E-state index in [-0.39, 0.29) is 12.1 Å². The van der Waals surface area contributed by atoms with Crippen LogP contribution in [0.15, 0.2) is 30.5 Å². The molecule has 27 heavy (non-hydrogen) atoms. The van der Waals surface area contributed by atoms with Crippen molar-refractivity contribution in [1.82, 2.24) is 4.98 Å². The normalized spacial score (nSPS) is 21.0. The fourth-order valence-electron chi connectivity index (χ4n) is 3.86. The molecule has 3 aliphatic rings. The fourth-order valence-corrected chi connectivity index (χ4v) is 3.86. The summed E-state index contributed by atoms with van der Waals surface area (Å²) < 4.78 is 17.5. The van der Waals surface area contributed by atoms with E-state index in [2.05, 4.69) is 22.0 Å². The second-order valence-corrected chi connectivity index (χ2v) is 7.19. The van der Waals surface area contributed by atoms with Crippen LogP contribution in [0.5, 0.6) is 17.2 Å². The third kappa shape index (κ3) is 3.03. The maximum absolute atomic E-state index is 9.55. The van der Waals surface area contributed by atoms with Gasteiger partial charge in [-0.2, -0.15) is 5.26 Å². The fraction of sp³-hybridized carbons (Fsp3) is 0.429. The topological polar surface area (TPSA) is 67.6 Å². The van der Waals surface area contributed by atoms with Gasteiger partial charge < -0.3 is 19.1 Å². The maximum Gasteiger partial charge on any atom is 0.166 e. The first-order valence-electron chi connectivity index (χ1n) is 9.55. The molecule has 2 aromatic rings. The van der Waals surface area contributed by atoms with E-state index in [0.717, 1.165) is 55.1 Å². The van der Waals surface area contributed by atoms with Crippen molar-refractivity contribution in [2.24, 2.45) is 0 Å². The number of fused-ring (bicyclic) bond motifs is 1. The number of rotatable bonds is 4. The van der Waals surface area contributed by atoms with Crippen molar-refractivity contribution in [3.8, 4) is 23.3 Å². The summed E-state index contributed by atoms with van der Waals surface area (Å²) in [5, 5.41) is 9.55. The molecule has 0 spiro atoms. The number of anilines is 1. The lowest BCUT2D eigenvalue weighted by Crippen LogP contribution is -2.25. The molecule has 1 saturated heterocycles. The number of aromatic nitrogens is 1. The zero-order valence-corrected chi connectivity index (χ0v) is 15.1. The molecule has 0 bridgehead atoms. The Labute approximate surface area is 158 Å². The van der Waals surface area contributed by atoms with Crippen LogP contribution in [-0.4, -0.2) is 30.8 Å². The monoisotopic (exact) mass is 363 g/mol. The summed E-state index contributed by atoms with van der Waals surface area (Å²) in [6.07, 6.45) is 6.14. The van der Waals surface area contributed by atoms with Gasteiger partial charge in [-0.15, -0.1) is 0 Å². The van der Waals surface area contributed by atoms with E-state index in [1.54, 1.807) is 6.20 Å². The highest BCUT2D eigenvalue weighted by atomic mass is 16.6. The Morgan fingerprint density at radius 3 is 2.93 bits per heavy atom. The number of hydrogen-bond acceptors (Lipinski definition) is 6. The van der Waals surface area contributed by atoms with Crippen molar-refractivity contribution in [3.63, 3.8) is 0 Å². The molecule has 6 nitrogen and oxygen atoms in total.